The second kappa shape index (κ2) is 5.12. The van der Waals surface area contributed by atoms with E-state index in [1.165, 1.54) is 6.42 Å². The van der Waals surface area contributed by atoms with Gasteiger partial charge in [0.25, 0.3) is 6.01 Å². The molecule has 3 nitrogen and oxygen atoms in total. The van der Waals surface area contributed by atoms with Crippen LogP contribution >= 0.6 is 11.6 Å². The lowest BCUT2D eigenvalue weighted by Crippen LogP contribution is -2.18. The van der Waals surface area contributed by atoms with Crippen LogP contribution in [0.2, 0.25) is 0 Å². The Hall–Kier alpha value is -0.700. The Balaban J connectivity index is 2.50. The third kappa shape index (κ3) is 2.92. The second-order valence-corrected chi connectivity index (χ2v) is 3.30. The van der Waals surface area contributed by atoms with Crippen molar-refractivity contribution in [2.45, 2.75) is 25.6 Å². The summed E-state index contributed by atoms with van der Waals surface area (Å²) < 4.78 is 5.24. The molecule has 0 aliphatic rings. The molecule has 0 N–H and O–H groups in total. The Labute approximate surface area is 83.7 Å². The van der Waals surface area contributed by atoms with E-state index in [9.17, 15) is 0 Å². The minimum Gasteiger partial charge on any atom is -0.432 e. The number of hydrogen-bond acceptors (Lipinski definition) is 3. The molecule has 0 bridgehead atoms. The molecule has 0 amide bonds. The maximum Gasteiger partial charge on any atom is 0.297 e. The van der Waals surface area contributed by atoms with Crippen LogP contribution in [-0.4, -0.2) is 18.6 Å². The van der Waals surface area contributed by atoms with E-state index in [1.807, 2.05) is 11.9 Å². The Bertz CT molecular complexity index is 250. The third-order valence-corrected chi connectivity index (χ3v) is 2.12. The van der Waals surface area contributed by atoms with Crippen molar-refractivity contribution in [3.8, 4) is 0 Å². The lowest BCUT2D eigenvalue weighted by molar-refractivity contribution is 0.541. The molecule has 0 aliphatic carbocycles. The summed E-state index contributed by atoms with van der Waals surface area (Å²) >= 11 is 5.61. The highest BCUT2D eigenvalue weighted by Crippen LogP contribution is 2.13. The smallest absolute Gasteiger partial charge is 0.297 e. The molecule has 0 aromatic carbocycles. The predicted molar refractivity (Wildman–Crippen MR) is 54.2 cm³/mol. The highest BCUT2D eigenvalue weighted by atomic mass is 35.5. The standard InChI is InChI=1S/C9H15ClN2O/c1-3-4-5-12(2)9-11-8(6-10)7-13-9/h7H,3-6H2,1-2H3. The van der Waals surface area contributed by atoms with Crippen molar-refractivity contribution in [3.63, 3.8) is 0 Å². The van der Waals surface area contributed by atoms with Gasteiger partial charge in [-0.25, -0.2) is 0 Å². The summed E-state index contributed by atoms with van der Waals surface area (Å²) in [7, 11) is 1.97. The van der Waals surface area contributed by atoms with Crippen LogP contribution in [-0.2, 0) is 5.88 Å². The number of rotatable bonds is 5. The van der Waals surface area contributed by atoms with Gasteiger partial charge < -0.3 is 9.32 Å². The number of unbranched alkanes of at least 4 members (excludes halogenated alkanes) is 1. The molecule has 13 heavy (non-hydrogen) atoms. The van der Waals surface area contributed by atoms with Crippen molar-refractivity contribution in [2.24, 2.45) is 0 Å². The van der Waals surface area contributed by atoms with Crippen LogP contribution in [0.4, 0.5) is 6.01 Å². The lowest BCUT2D eigenvalue weighted by atomic mass is 10.3. The quantitative estimate of drug-likeness (QED) is 0.688. The van der Waals surface area contributed by atoms with Crippen molar-refractivity contribution in [1.29, 1.82) is 0 Å². The van der Waals surface area contributed by atoms with Crippen molar-refractivity contribution >= 4 is 17.6 Å². The average molecular weight is 203 g/mol. The fraction of sp³-hybridized carbons (Fsp3) is 0.667. The van der Waals surface area contributed by atoms with Gasteiger partial charge in [0.1, 0.15) is 6.26 Å². The van der Waals surface area contributed by atoms with E-state index in [2.05, 4.69) is 11.9 Å². The van der Waals surface area contributed by atoms with E-state index in [0.29, 0.717) is 11.9 Å². The summed E-state index contributed by atoms with van der Waals surface area (Å²) in [5, 5.41) is 0. The zero-order valence-electron chi connectivity index (χ0n) is 8.09. The van der Waals surface area contributed by atoms with Gasteiger partial charge in [-0.2, -0.15) is 4.98 Å². The predicted octanol–water partition coefficient (Wildman–Crippen LogP) is 2.65. The highest BCUT2D eigenvalue weighted by molar-refractivity contribution is 6.16. The summed E-state index contributed by atoms with van der Waals surface area (Å²) in [5.74, 6) is 0.408. The lowest BCUT2D eigenvalue weighted by Gasteiger charge is -2.12. The average Bonchev–Trinajstić information content (AvgIpc) is 2.62. The maximum atomic E-state index is 5.61. The van der Waals surface area contributed by atoms with Crippen molar-refractivity contribution in [1.82, 2.24) is 4.98 Å². The van der Waals surface area contributed by atoms with E-state index in [1.54, 1.807) is 6.26 Å². The van der Waals surface area contributed by atoms with Gasteiger partial charge in [0, 0.05) is 13.6 Å². The molecule has 0 fully saturated rings. The third-order valence-electron chi connectivity index (χ3n) is 1.85. The number of halogens is 1. The molecule has 1 heterocycles. The zero-order valence-corrected chi connectivity index (χ0v) is 8.84. The molecule has 1 aromatic rings. The summed E-state index contributed by atoms with van der Waals surface area (Å²) in [4.78, 5) is 6.21. The van der Waals surface area contributed by atoms with Crippen LogP contribution in [0.15, 0.2) is 10.7 Å². The van der Waals surface area contributed by atoms with Crippen molar-refractivity contribution in [3.05, 3.63) is 12.0 Å². The Morgan fingerprint density at radius 2 is 2.38 bits per heavy atom. The molecule has 0 radical (unpaired) electrons. The summed E-state index contributed by atoms with van der Waals surface area (Å²) in [6.45, 7) is 3.13. The molecular weight excluding hydrogens is 188 g/mol. The Morgan fingerprint density at radius 1 is 1.62 bits per heavy atom. The number of anilines is 1. The molecule has 0 aliphatic heterocycles. The minimum absolute atomic E-state index is 0.408. The molecule has 0 unspecified atom stereocenters. The van der Waals surface area contributed by atoms with Gasteiger partial charge in [0.2, 0.25) is 0 Å². The van der Waals surface area contributed by atoms with Gasteiger partial charge in [-0.15, -0.1) is 11.6 Å². The van der Waals surface area contributed by atoms with Gasteiger partial charge in [-0.3, -0.25) is 0 Å². The maximum absolute atomic E-state index is 5.61. The molecule has 0 saturated carbocycles. The van der Waals surface area contributed by atoms with Crippen LogP contribution in [0.5, 0.6) is 0 Å². The van der Waals surface area contributed by atoms with Gasteiger partial charge in [-0.1, -0.05) is 13.3 Å². The number of alkyl halides is 1. The normalized spacial score (nSPS) is 10.4. The van der Waals surface area contributed by atoms with Gasteiger partial charge in [0.15, 0.2) is 0 Å². The van der Waals surface area contributed by atoms with Crippen LogP contribution in [0.25, 0.3) is 0 Å². The molecule has 0 spiro atoms. The SMILES string of the molecule is CCCCN(C)c1nc(CCl)co1. The first-order valence-electron chi connectivity index (χ1n) is 4.49. The van der Waals surface area contributed by atoms with E-state index in [4.69, 9.17) is 16.0 Å². The number of nitrogens with zero attached hydrogens (tertiary/aromatic N) is 2. The summed E-state index contributed by atoms with van der Waals surface area (Å²) in [5.41, 5.74) is 0.792. The fourth-order valence-electron chi connectivity index (χ4n) is 1.02. The first kappa shape index (κ1) is 10.4. The molecule has 1 aromatic heterocycles. The number of aromatic nitrogens is 1. The van der Waals surface area contributed by atoms with Crippen LogP contribution in [0.1, 0.15) is 25.5 Å². The molecule has 4 heteroatoms. The summed E-state index contributed by atoms with van der Waals surface area (Å²) in [6.07, 6.45) is 3.92. The monoisotopic (exact) mass is 202 g/mol. The Morgan fingerprint density at radius 3 is 2.92 bits per heavy atom. The van der Waals surface area contributed by atoms with E-state index in [-0.39, 0.29) is 0 Å². The molecule has 0 atom stereocenters. The number of hydrogen-bond donors (Lipinski definition) is 0. The minimum atomic E-state index is 0.408. The topological polar surface area (TPSA) is 29.3 Å². The zero-order chi connectivity index (χ0) is 9.68. The molecular formula is C9H15ClN2O. The van der Waals surface area contributed by atoms with Gasteiger partial charge in [0.05, 0.1) is 11.6 Å². The first-order valence-corrected chi connectivity index (χ1v) is 5.03. The molecule has 0 saturated heterocycles. The summed E-state index contributed by atoms with van der Waals surface area (Å²) in [6, 6.07) is 0.657. The highest BCUT2D eigenvalue weighted by Gasteiger charge is 2.07. The number of oxazole rings is 1. The first-order chi connectivity index (χ1) is 6.27. The van der Waals surface area contributed by atoms with Gasteiger partial charge >= 0.3 is 0 Å². The largest absolute Gasteiger partial charge is 0.432 e. The van der Waals surface area contributed by atoms with Gasteiger partial charge in [-0.05, 0) is 6.42 Å². The van der Waals surface area contributed by atoms with Crippen molar-refractivity contribution < 1.29 is 4.42 Å². The van der Waals surface area contributed by atoms with Crippen LogP contribution < -0.4 is 4.90 Å². The van der Waals surface area contributed by atoms with Crippen molar-refractivity contribution in [2.75, 3.05) is 18.5 Å². The Kier molecular flexibility index (Phi) is 4.09. The second-order valence-electron chi connectivity index (χ2n) is 3.03. The van der Waals surface area contributed by atoms with E-state index < -0.39 is 0 Å². The van der Waals surface area contributed by atoms with Crippen LogP contribution in [0.3, 0.4) is 0 Å². The fourth-order valence-corrected chi connectivity index (χ4v) is 1.15. The van der Waals surface area contributed by atoms with Crippen LogP contribution in [0, 0.1) is 0 Å². The molecule has 1 rings (SSSR count). The van der Waals surface area contributed by atoms with E-state index in [0.717, 1.165) is 18.7 Å². The van der Waals surface area contributed by atoms with E-state index >= 15 is 0 Å². The molecule has 74 valence electrons.